The van der Waals surface area contributed by atoms with Gasteiger partial charge in [0, 0.05) is 31.2 Å². The van der Waals surface area contributed by atoms with Crippen molar-refractivity contribution in [2.75, 3.05) is 23.3 Å². The Bertz CT molecular complexity index is 2120. The van der Waals surface area contributed by atoms with Gasteiger partial charge in [0.05, 0.1) is 28.0 Å². The van der Waals surface area contributed by atoms with E-state index >= 15 is 0 Å². The summed E-state index contributed by atoms with van der Waals surface area (Å²) < 4.78 is 69.1. The highest BCUT2D eigenvalue weighted by molar-refractivity contribution is 6.33. The number of carbonyl (C=O) groups excluding carboxylic acids is 2. The minimum absolute atomic E-state index is 0.0930. The van der Waals surface area contributed by atoms with Gasteiger partial charge < -0.3 is 24.8 Å². The average molecular weight is 722 g/mol. The van der Waals surface area contributed by atoms with E-state index in [4.69, 9.17) is 11.6 Å². The van der Waals surface area contributed by atoms with Crippen LogP contribution in [0.4, 0.5) is 33.3 Å². The Hall–Kier alpha value is -4.87. The fourth-order valence-corrected chi connectivity index (χ4v) is 6.94. The van der Waals surface area contributed by atoms with Gasteiger partial charge in [0.15, 0.2) is 22.6 Å². The number of aromatic nitrogens is 6. The third-order valence-corrected chi connectivity index (χ3v) is 9.83. The number of fused-ring (bicyclic) bond motifs is 2. The van der Waals surface area contributed by atoms with E-state index < -0.39 is 53.9 Å². The highest BCUT2D eigenvalue weighted by Gasteiger charge is 2.60. The van der Waals surface area contributed by atoms with Gasteiger partial charge >= 0.3 is 6.18 Å². The maximum absolute atomic E-state index is 14.2. The molecule has 7 rings (SSSR count). The summed E-state index contributed by atoms with van der Waals surface area (Å²) in [5.74, 6) is -4.62. The van der Waals surface area contributed by atoms with Crippen LogP contribution in [0.5, 0.6) is 5.75 Å². The molecule has 3 fully saturated rings. The number of nitrogens with one attached hydrogen (secondary N) is 1. The molecule has 50 heavy (non-hydrogen) atoms. The number of aromatic hydroxyl groups is 1. The number of nitrogens with zero attached hydrogens (tertiary/aromatic N) is 8. The molecule has 0 radical (unpaired) electrons. The summed E-state index contributed by atoms with van der Waals surface area (Å²) in [6, 6.07) is 0.390. The molecule has 3 aliphatic rings. The van der Waals surface area contributed by atoms with E-state index in [1.165, 1.54) is 10.9 Å². The Morgan fingerprint density at radius 2 is 1.84 bits per heavy atom. The lowest BCUT2D eigenvalue weighted by atomic mass is 9.81. The third kappa shape index (κ3) is 5.58. The van der Waals surface area contributed by atoms with Gasteiger partial charge in [-0.1, -0.05) is 18.5 Å². The van der Waals surface area contributed by atoms with Crippen LogP contribution in [0.15, 0.2) is 29.3 Å². The number of piperazine rings is 1. The molecular formula is C31H29ClF5N9O4. The number of aryl methyl sites for hydroxylation is 1. The molecule has 2 N–H and O–H groups in total. The van der Waals surface area contributed by atoms with Crippen molar-refractivity contribution in [2.45, 2.75) is 76.3 Å². The zero-order valence-electron chi connectivity index (χ0n) is 26.5. The predicted octanol–water partition coefficient (Wildman–Crippen LogP) is 4.34. The standard InChI is InChI=1S/C31H29ClF5N9O4/c1-3-18-25(43-8-9-44(20-7-6-19(20)43)29(50)24-26(48)14(2)38-13-39-24)27(49)23-28(42-46(41-23)21-11-30(21,33)34)45(18)12-22(47)40-17-5-4-15(10-16(17)32)31(35,36)37/h4-5,10,13,19-21,48H,3,6-9,11-12H2,1-2H3,(H,40,47)/t19-,20-,21?/m0/s1. The van der Waals surface area contributed by atoms with Crippen LogP contribution in [0.1, 0.15) is 59.7 Å². The Morgan fingerprint density at radius 3 is 2.46 bits per heavy atom. The van der Waals surface area contributed by atoms with Crippen molar-refractivity contribution >= 4 is 46.0 Å². The maximum Gasteiger partial charge on any atom is 0.416 e. The number of alkyl halides is 5. The molecule has 3 aromatic heterocycles. The summed E-state index contributed by atoms with van der Waals surface area (Å²) in [5.41, 5.74) is -1.39. The smallest absolute Gasteiger partial charge is 0.416 e. The molecule has 2 aliphatic carbocycles. The van der Waals surface area contributed by atoms with E-state index in [0.717, 1.165) is 16.9 Å². The van der Waals surface area contributed by atoms with Crippen LogP contribution in [-0.4, -0.2) is 82.4 Å². The average Bonchev–Trinajstić information content (AvgIpc) is 3.45. The zero-order chi connectivity index (χ0) is 35.9. The van der Waals surface area contributed by atoms with E-state index in [0.29, 0.717) is 24.6 Å². The summed E-state index contributed by atoms with van der Waals surface area (Å²) in [6.07, 6.45) is -2.61. The summed E-state index contributed by atoms with van der Waals surface area (Å²) in [7, 11) is 0. The zero-order valence-corrected chi connectivity index (χ0v) is 27.3. The van der Waals surface area contributed by atoms with Crippen LogP contribution in [0, 0.1) is 6.92 Å². The first-order chi connectivity index (χ1) is 23.6. The number of benzene rings is 1. The summed E-state index contributed by atoms with van der Waals surface area (Å²) in [4.78, 5) is 53.3. The number of halogens is 6. The molecule has 3 atom stereocenters. The highest BCUT2D eigenvalue weighted by Crippen LogP contribution is 2.52. The SMILES string of the molecule is CCc1c(N2CCN(C(=O)c3ncnc(C)c3O)[C@H]3CC[C@@H]32)c(=O)c2nn(C3CC3(F)F)nc2n1CC(=O)Nc1ccc(C(F)(F)F)cc1Cl. The van der Waals surface area contributed by atoms with Crippen molar-refractivity contribution in [2.24, 2.45) is 0 Å². The van der Waals surface area contributed by atoms with E-state index in [1.54, 1.807) is 18.7 Å². The highest BCUT2D eigenvalue weighted by atomic mass is 35.5. The first-order valence-corrected chi connectivity index (χ1v) is 16.1. The Kier molecular flexibility index (Phi) is 7.99. The minimum atomic E-state index is -4.65. The van der Waals surface area contributed by atoms with Gasteiger partial charge in [-0.05, 0) is 44.4 Å². The van der Waals surface area contributed by atoms with E-state index in [2.05, 4.69) is 25.5 Å². The Labute approximate surface area is 284 Å². The first kappa shape index (κ1) is 33.6. The lowest BCUT2D eigenvalue weighted by molar-refractivity contribution is -0.137. The van der Waals surface area contributed by atoms with Crippen molar-refractivity contribution in [3.05, 3.63) is 62.4 Å². The fraction of sp³-hybridized carbons (Fsp3) is 0.452. The third-order valence-electron chi connectivity index (χ3n) is 9.52. The van der Waals surface area contributed by atoms with Crippen LogP contribution in [0.3, 0.4) is 0 Å². The van der Waals surface area contributed by atoms with Gasteiger partial charge in [0.2, 0.25) is 11.3 Å². The van der Waals surface area contributed by atoms with E-state index in [1.807, 2.05) is 4.90 Å². The van der Waals surface area contributed by atoms with E-state index in [-0.39, 0.29) is 76.3 Å². The molecule has 1 aliphatic heterocycles. The van der Waals surface area contributed by atoms with Crippen LogP contribution < -0.4 is 15.6 Å². The number of anilines is 2. The molecule has 4 heterocycles. The monoisotopic (exact) mass is 721 g/mol. The second-order valence-electron chi connectivity index (χ2n) is 12.5. The molecule has 2 amide bonds. The van der Waals surface area contributed by atoms with Gasteiger partial charge in [-0.3, -0.25) is 14.4 Å². The number of hydrogen-bond acceptors (Lipinski definition) is 9. The molecule has 1 aromatic carbocycles. The molecule has 13 nitrogen and oxygen atoms in total. The lowest BCUT2D eigenvalue weighted by Gasteiger charge is -2.54. The largest absolute Gasteiger partial charge is 0.504 e. The van der Waals surface area contributed by atoms with Crippen molar-refractivity contribution in [1.82, 2.24) is 34.4 Å². The van der Waals surface area contributed by atoms with Gasteiger partial charge in [0.25, 0.3) is 11.8 Å². The summed E-state index contributed by atoms with van der Waals surface area (Å²) >= 11 is 6.07. The molecule has 19 heteroatoms. The normalized spacial score (nSPS) is 21.2. The van der Waals surface area contributed by atoms with Crippen LogP contribution in [-0.2, 0) is 23.9 Å². The maximum atomic E-state index is 14.2. The molecule has 0 spiro atoms. The summed E-state index contributed by atoms with van der Waals surface area (Å²) in [6.45, 7) is 3.10. The molecule has 264 valence electrons. The molecule has 1 saturated heterocycles. The minimum Gasteiger partial charge on any atom is -0.504 e. The van der Waals surface area contributed by atoms with Crippen molar-refractivity contribution in [1.29, 1.82) is 0 Å². The lowest BCUT2D eigenvalue weighted by Crippen LogP contribution is -2.67. The van der Waals surface area contributed by atoms with Gasteiger partial charge in [0.1, 0.15) is 24.6 Å². The fourth-order valence-electron chi connectivity index (χ4n) is 6.71. The molecule has 4 aromatic rings. The topological polar surface area (TPSA) is 151 Å². The van der Waals surface area contributed by atoms with Gasteiger partial charge in [-0.25, -0.2) is 18.7 Å². The predicted molar refractivity (Wildman–Crippen MR) is 168 cm³/mol. The molecular weight excluding hydrogens is 693 g/mol. The number of pyridine rings is 1. The number of carbonyl (C=O) groups is 2. The van der Waals surface area contributed by atoms with Gasteiger partial charge in [-0.2, -0.15) is 18.0 Å². The Morgan fingerprint density at radius 1 is 1.12 bits per heavy atom. The van der Waals surface area contributed by atoms with Crippen molar-refractivity contribution in [3.63, 3.8) is 0 Å². The molecule has 0 bridgehead atoms. The van der Waals surface area contributed by atoms with Crippen LogP contribution in [0.25, 0.3) is 11.2 Å². The molecule has 1 unspecified atom stereocenters. The first-order valence-electron chi connectivity index (χ1n) is 15.8. The van der Waals surface area contributed by atoms with Crippen LogP contribution >= 0.6 is 11.6 Å². The number of hydrogen-bond donors (Lipinski definition) is 2. The second kappa shape index (κ2) is 11.9. The Balaban J connectivity index is 1.25. The van der Waals surface area contributed by atoms with E-state index in [9.17, 15) is 41.4 Å². The summed E-state index contributed by atoms with van der Waals surface area (Å²) in [5, 5.41) is 21.0. The van der Waals surface area contributed by atoms with Gasteiger partial charge in [-0.15, -0.1) is 10.2 Å². The van der Waals surface area contributed by atoms with Crippen LogP contribution in [0.2, 0.25) is 5.02 Å². The molecule has 2 saturated carbocycles. The quantitative estimate of drug-likeness (QED) is 0.266. The van der Waals surface area contributed by atoms with Crippen molar-refractivity contribution in [3.8, 4) is 5.75 Å². The number of amides is 2. The van der Waals surface area contributed by atoms with Crippen molar-refractivity contribution < 1.29 is 36.6 Å². The second-order valence-corrected chi connectivity index (χ2v) is 12.9. The number of rotatable bonds is 7.